The summed E-state index contributed by atoms with van der Waals surface area (Å²) in [6.45, 7) is 8.08. The first-order chi connectivity index (χ1) is 14.2. The van der Waals surface area contributed by atoms with Crippen LogP contribution >= 0.6 is 0 Å². The van der Waals surface area contributed by atoms with Gasteiger partial charge in [0.25, 0.3) is 0 Å². The summed E-state index contributed by atoms with van der Waals surface area (Å²) in [5.41, 5.74) is 4.39. The summed E-state index contributed by atoms with van der Waals surface area (Å²) in [6.07, 6.45) is -0.104. The Hall–Kier alpha value is -2.66. The van der Waals surface area contributed by atoms with Crippen molar-refractivity contribution in [2.45, 2.75) is 57.8 Å². The fourth-order valence-corrected chi connectivity index (χ4v) is 4.65. The van der Waals surface area contributed by atoms with Crippen molar-refractivity contribution in [2.24, 2.45) is 0 Å². The Morgan fingerprint density at radius 2 is 1.57 bits per heavy atom. The average Bonchev–Trinajstić information content (AvgIpc) is 3.24. The minimum Gasteiger partial charge on any atom is -0.448 e. The van der Waals surface area contributed by atoms with E-state index in [2.05, 4.69) is 24.3 Å². The predicted octanol–water partition coefficient (Wildman–Crippen LogP) is 4.78. The molecule has 5 nitrogen and oxygen atoms in total. The van der Waals surface area contributed by atoms with Crippen molar-refractivity contribution in [1.82, 2.24) is 4.90 Å². The standard InChI is InChI=1S/C25H29NO4/c1-16(27)23-13-17(30-25(2,3)4)14-26(23)24(28)29-15-22-20-11-7-5-9-18(20)19-10-6-8-12-21(19)22/h5-12,17,22-23H,13-15H2,1-4H3/t17-,23-/m0/s1. The second-order valence-electron chi connectivity index (χ2n) is 9.17. The molecule has 1 heterocycles. The third-order valence-corrected chi connectivity index (χ3v) is 5.82. The van der Waals surface area contributed by atoms with Crippen LogP contribution in [0.3, 0.4) is 0 Å². The van der Waals surface area contributed by atoms with Gasteiger partial charge in [-0.3, -0.25) is 9.69 Å². The number of nitrogens with zero attached hydrogens (tertiary/aromatic N) is 1. The first-order valence-corrected chi connectivity index (χ1v) is 10.5. The van der Waals surface area contributed by atoms with Crippen LogP contribution in [0.25, 0.3) is 11.1 Å². The number of Topliss-reactive ketones (excluding diaryl/α,β-unsaturated/α-hetero) is 1. The van der Waals surface area contributed by atoms with Gasteiger partial charge in [0, 0.05) is 12.3 Å². The smallest absolute Gasteiger partial charge is 0.410 e. The van der Waals surface area contributed by atoms with Crippen molar-refractivity contribution in [3.05, 3.63) is 59.7 Å². The van der Waals surface area contributed by atoms with Crippen molar-refractivity contribution in [3.63, 3.8) is 0 Å². The number of likely N-dealkylation sites (tertiary alicyclic amines) is 1. The molecule has 2 aromatic carbocycles. The van der Waals surface area contributed by atoms with Crippen LogP contribution in [0.5, 0.6) is 0 Å². The van der Waals surface area contributed by atoms with Crippen molar-refractivity contribution < 1.29 is 19.1 Å². The van der Waals surface area contributed by atoms with Crippen LogP contribution in [-0.2, 0) is 14.3 Å². The van der Waals surface area contributed by atoms with Gasteiger partial charge in [-0.25, -0.2) is 4.79 Å². The fraction of sp³-hybridized carbons (Fsp3) is 0.440. The molecule has 0 aromatic heterocycles. The summed E-state index contributed by atoms with van der Waals surface area (Å²) in [6, 6.07) is 16.0. The minimum absolute atomic E-state index is 0.00125. The van der Waals surface area contributed by atoms with Gasteiger partial charge in [0.15, 0.2) is 5.78 Å². The second kappa shape index (κ2) is 7.88. The molecule has 0 N–H and O–H groups in total. The lowest BCUT2D eigenvalue weighted by atomic mass is 9.98. The quantitative estimate of drug-likeness (QED) is 0.732. The molecule has 1 amide bonds. The van der Waals surface area contributed by atoms with Gasteiger partial charge in [0.2, 0.25) is 0 Å². The molecule has 0 unspecified atom stereocenters. The lowest BCUT2D eigenvalue weighted by molar-refractivity contribution is -0.121. The SMILES string of the molecule is CC(=O)[C@@H]1C[C@H](OC(C)(C)C)CN1C(=O)OCC1c2ccccc2-c2ccccc21. The summed E-state index contributed by atoms with van der Waals surface area (Å²) in [4.78, 5) is 26.6. The summed E-state index contributed by atoms with van der Waals surface area (Å²) in [5.74, 6) is -0.0372. The molecule has 30 heavy (non-hydrogen) atoms. The normalized spacial score (nSPS) is 20.7. The molecule has 0 bridgehead atoms. The van der Waals surface area contributed by atoms with Gasteiger partial charge < -0.3 is 9.47 Å². The maximum atomic E-state index is 12.9. The summed E-state index contributed by atoms with van der Waals surface area (Å²) >= 11 is 0. The van der Waals surface area contributed by atoms with E-state index in [0.29, 0.717) is 13.0 Å². The third-order valence-electron chi connectivity index (χ3n) is 5.82. The number of benzene rings is 2. The highest BCUT2D eigenvalue weighted by Gasteiger charge is 2.41. The molecule has 2 atom stereocenters. The molecule has 1 aliphatic heterocycles. The topological polar surface area (TPSA) is 55.8 Å². The lowest BCUT2D eigenvalue weighted by Crippen LogP contribution is -2.40. The number of amides is 1. The Morgan fingerprint density at radius 3 is 2.10 bits per heavy atom. The number of ether oxygens (including phenoxy) is 2. The molecule has 5 heteroatoms. The number of carbonyl (C=O) groups is 2. The number of rotatable bonds is 4. The van der Waals surface area contributed by atoms with Crippen LogP contribution in [0.15, 0.2) is 48.5 Å². The zero-order valence-electron chi connectivity index (χ0n) is 18.1. The first kappa shape index (κ1) is 20.6. The third kappa shape index (κ3) is 3.99. The molecule has 2 aliphatic rings. The number of carbonyl (C=O) groups excluding carboxylic acids is 2. The first-order valence-electron chi connectivity index (χ1n) is 10.5. The molecular formula is C25H29NO4. The Morgan fingerprint density at radius 1 is 1.00 bits per heavy atom. The highest BCUT2D eigenvalue weighted by Crippen LogP contribution is 2.44. The van der Waals surface area contributed by atoms with E-state index in [0.717, 1.165) is 0 Å². The zero-order chi connectivity index (χ0) is 21.5. The van der Waals surface area contributed by atoms with Crippen LogP contribution in [-0.4, -0.2) is 47.7 Å². The van der Waals surface area contributed by atoms with Crippen LogP contribution < -0.4 is 0 Å². The molecule has 158 valence electrons. The van der Waals surface area contributed by atoms with Crippen molar-refractivity contribution in [1.29, 1.82) is 0 Å². The molecule has 4 rings (SSSR count). The molecule has 0 saturated carbocycles. The Kier molecular flexibility index (Phi) is 5.41. The molecule has 1 saturated heterocycles. The van der Waals surface area contributed by atoms with Crippen LogP contribution in [0.2, 0.25) is 0 Å². The van der Waals surface area contributed by atoms with Crippen molar-refractivity contribution in [3.8, 4) is 11.1 Å². The van der Waals surface area contributed by atoms with E-state index in [1.54, 1.807) is 0 Å². The van der Waals surface area contributed by atoms with E-state index in [1.165, 1.54) is 34.1 Å². The molecule has 2 aromatic rings. The zero-order valence-corrected chi connectivity index (χ0v) is 18.1. The average molecular weight is 408 g/mol. The minimum atomic E-state index is -0.493. The monoisotopic (exact) mass is 407 g/mol. The highest BCUT2D eigenvalue weighted by molar-refractivity contribution is 5.86. The number of fused-ring (bicyclic) bond motifs is 3. The summed E-state index contributed by atoms with van der Waals surface area (Å²) < 4.78 is 11.8. The van der Waals surface area contributed by atoms with E-state index < -0.39 is 12.1 Å². The van der Waals surface area contributed by atoms with Gasteiger partial charge in [-0.1, -0.05) is 48.5 Å². The highest BCUT2D eigenvalue weighted by atomic mass is 16.6. The van der Waals surface area contributed by atoms with E-state index in [9.17, 15) is 9.59 Å². The van der Waals surface area contributed by atoms with E-state index in [-0.39, 0.29) is 30.0 Å². The summed E-state index contributed by atoms with van der Waals surface area (Å²) in [7, 11) is 0. The molecule has 0 spiro atoms. The van der Waals surface area contributed by atoms with E-state index in [4.69, 9.17) is 9.47 Å². The number of ketones is 1. The van der Waals surface area contributed by atoms with Crippen LogP contribution in [0.1, 0.15) is 51.2 Å². The lowest BCUT2D eigenvalue weighted by Gasteiger charge is -2.25. The van der Waals surface area contributed by atoms with Gasteiger partial charge in [0.05, 0.1) is 24.3 Å². The maximum absolute atomic E-state index is 12.9. The molecule has 1 fully saturated rings. The van der Waals surface area contributed by atoms with Crippen molar-refractivity contribution >= 4 is 11.9 Å². The van der Waals surface area contributed by atoms with Gasteiger partial charge >= 0.3 is 6.09 Å². The van der Waals surface area contributed by atoms with E-state index >= 15 is 0 Å². The van der Waals surface area contributed by atoms with Gasteiger partial charge in [-0.2, -0.15) is 0 Å². The van der Waals surface area contributed by atoms with Crippen LogP contribution in [0.4, 0.5) is 4.79 Å². The molecular weight excluding hydrogens is 378 g/mol. The van der Waals surface area contributed by atoms with Crippen LogP contribution in [0, 0.1) is 0 Å². The fourth-order valence-electron chi connectivity index (χ4n) is 4.65. The van der Waals surface area contributed by atoms with Gasteiger partial charge in [0.1, 0.15) is 6.61 Å². The second-order valence-corrected chi connectivity index (χ2v) is 9.17. The molecule has 1 aliphatic carbocycles. The largest absolute Gasteiger partial charge is 0.448 e. The van der Waals surface area contributed by atoms with Gasteiger partial charge in [-0.05, 0) is 49.9 Å². The Labute approximate surface area is 178 Å². The Bertz CT molecular complexity index is 916. The van der Waals surface area contributed by atoms with Crippen molar-refractivity contribution in [2.75, 3.05) is 13.2 Å². The number of hydrogen-bond acceptors (Lipinski definition) is 4. The molecule has 0 radical (unpaired) electrons. The Balaban J connectivity index is 1.48. The number of hydrogen-bond donors (Lipinski definition) is 0. The van der Waals surface area contributed by atoms with Gasteiger partial charge in [-0.15, -0.1) is 0 Å². The maximum Gasteiger partial charge on any atom is 0.410 e. The predicted molar refractivity (Wildman–Crippen MR) is 115 cm³/mol. The summed E-state index contributed by atoms with van der Waals surface area (Å²) in [5, 5.41) is 0. The van der Waals surface area contributed by atoms with E-state index in [1.807, 2.05) is 45.0 Å².